The zero-order chi connectivity index (χ0) is 17.6. The van der Waals surface area contributed by atoms with E-state index in [1.807, 2.05) is 0 Å². The molecule has 0 radical (unpaired) electrons. The van der Waals surface area contributed by atoms with Gasteiger partial charge in [0.1, 0.15) is 10.7 Å². The van der Waals surface area contributed by atoms with Crippen LogP contribution in [0.15, 0.2) is 32.1 Å². The lowest BCUT2D eigenvalue weighted by molar-refractivity contribution is 0.498. The third-order valence-electron chi connectivity index (χ3n) is 4.18. The van der Waals surface area contributed by atoms with E-state index in [1.54, 1.807) is 26.0 Å². The van der Waals surface area contributed by atoms with Crippen LogP contribution in [0, 0.1) is 13.8 Å². The summed E-state index contributed by atoms with van der Waals surface area (Å²) in [6, 6.07) is 3.41. The summed E-state index contributed by atoms with van der Waals surface area (Å²) < 4.78 is 39.1. The van der Waals surface area contributed by atoms with Crippen molar-refractivity contribution in [1.29, 1.82) is 0 Å². The first kappa shape index (κ1) is 16.1. The molecule has 1 aliphatic carbocycles. The molecular weight excluding hydrogens is 344 g/mol. The van der Waals surface area contributed by atoms with Crippen molar-refractivity contribution in [2.24, 2.45) is 0 Å². The van der Waals surface area contributed by atoms with E-state index in [2.05, 4.69) is 19.9 Å². The molecule has 9 heteroatoms. The maximum absolute atomic E-state index is 12.8. The Labute approximate surface area is 144 Å². The summed E-state index contributed by atoms with van der Waals surface area (Å²) in [5.74, 6) is 1.63. The van der Waals surface area contributed by atoms with E-state index in [0.717, 1.165) is 12.8 Å². The molecule has 0 aromatic carbocycles. The molecule has 0 spiro atoms. The largest absolute Gasteiger partial charge is 0.468 e. The second kappa shape index (κ2) is 5.85. The molecule has 4 rings (SSSR count). The molecule has 3 aromatic heterocycles. The molecule has 1 fully saturated rings. The maximum Gasteiger partial charge on any atom is 0.250 e. The lowest BCUT2D eigenvalue weighted by atomic mass is 10.2. The van der Waals surface area contributed by atoms with Gasteiger partial charge in [-0.15, -0.1) is 10.2 Å². The molecule has 25 heavy (non-hydrogen) atoms. The van der Waals surface area contributed by atoms with Gasteiger partial charge < -0.3 is 13.8 Å². The smallest absolute Gasteiger partial charge is 0.250 e. The molecule has 2 N–H and O–H groups in total. The highest BCUT2D eigenvalue weighted by atomic mass is 32.2. The molecule has 8 nitrogen and oxygen atoms in total. The van der Waals surface area contributed by atoms with Crippen molar-refractivity contribution in [3.8, 4) is 11.5 Å². The molecular formula is C16H18N4O4S. The average molecular weight is 362 g/mol. The number of rotatable bonds is 6. The lowest BCUT2D eigenvalue weighted by Gasteiger charge is -2.07. The van der Waals surface area contributed by atoms with E-state index in [0.29, 0.717) is 34.5 Å². The number of nitrogens with one attached hydrogen (secondary N) is 2. The van der Waals surface area contributed by atoms with Crippen LogP contribution in [-0.4, -0.2) is 23.6 Å². The van der Waals surface area contributed by atoms with E-state index in [1.165, 1.54) is 6.26 Å². The molecule has 0 atom stereocenters. The number of sulfonamides is 1. The van der Waals surface area contributed by atoms with Crippen LogP contribution in [0.25, 0.3) is 11.5 Å². The van der Waals surface area contributed by atoms with E-state index in [9.17, 15) is 8.42 Å². The van der Waals surface area contributed by atoms with Crippen LogP contribution in [0.3, 0.4) is 0 Å². The third kappa shape index (κ3) is 3.00. The molecule has 132 valence electrons. The highest BCUT2D eigenvalue weighted by Gasteiger charge is 2.32. The van der Waals surface area contributed by atoms with Crippen molar-refractivity contribution >= 4 is 10.0 Å². The Morgan fingerprint density at radius 1 is 1.28 bits per heavy atom. The van der Waals surface area contributed by atoms with Crippen LogP contribution in [0.5, 0.6) is 0 Å². The first-order valence-corrected chi connectivity index (χ1v) is 9.49. The van der Waals surface area contributed by atoms with E-state index in [-0.39, 0.29) is 17.3 Å². The SMILES string of the molecule is Cc1[nH]c(C)c(S(=O)(=O)NCc2ccco2)c1-c1nnc(C2CC2)o1. The summed E-state index contributed by atoms with van der Waals surface area (Å²) in [5, 5.41) is 8.11. The van der Waals surface area contributed by atoms with Crippen LogP contribution < -0.4 is 4.72 Å². The molecule has 0 saturated heterocycles. The molecule has 0 aliphatic heterocycles. The van der Waals surface area contributed by atoms with E-state index >= 15 is 0 Å². The number of hydrogen-bond donors (Lipinski definition) is 2. The first-order chi connectivity index (χ1) is 12.0. The molecule has 3 aromatic rings. The maximum atomic E-state index is 12.8. The van der Waals surface area contributed by atoms with Crippen LogP contribution in [0.2, 0.25) is 0 Å². The van der Waals surface area contributed by atoms with E-state index < -0.39 is 10.0 Å². The van der Waals surface area contributed by atoms with Crippen molar-refractivity contribution in [3.05, 3.63) is 41.4 Å². The number of aryl methyl sites for hydroxylation is 2. The van der Waals surface area contributed by atoms with Gasteiger partial charge in [-0.05, 0) is 38.8 Å². The standard InChI is InChI=1S/C16H18N4O4S/c1-9-13(16-20-19-15(24-16)11-5-6-11)14(10(2)18-9)25(21,22)17-8-12-4-3-7-23-12/h3-4,7,11,17-18H,5-6,8H2,1-2H3. The highest BCUT2D eigenvalue weighted by molar-refractivity contribution is 7.89. The topological polar surface area (TPSA) is 114 Å². The molecule has 0 unspecified atom stereocenters. The zero-order valence-electron chi connectivity index (χ0n) is 13.9. The Balaban J connectivity index is 1.70. The minimum atomic E-state index is -3.79. The van der Waals surface area contributed by atoms with Crippen molar-refractivity contribution in [2.45, 2.75) is 44.0 Å². The van der Waals surface area contributed by atoms with Crippen LogP contribution in [-0.2, 0) is 16.6 Å². The number of hydrogen-bond acceptors (Lipinski definition) is 6. The Hall–Kier alpha value is -2.39. The fraction of sp³-hybridized carbons (Fsp3) is 0.375. The van der Waals surface area contributed by atoms with Crippen molar-refractivity contribution < 1.29 is 17.3 Å². The Kier molecular flexibility index (Phi) is 3.77. The van der Waals surface area contributed by atoms with Gasteiger partial charge in [0, 0.05) is 17.3 Å². The van der Waals surface area contributed by atoms with Crippen LogP contribution >= 0.6 is 0 Å². The van der Waals surface area contributed by atoms with Gasteiger partial charge in [0.25, 0.3) is 5.89 Å². The van der Waals surface area contributed by atoms with Gasteiger partial charge in [-0.1, -0.05) is 0 Å². The van der Waals surface area contributed by atoms with Crippen LogP contribution in [0.1, 0.15) is 41.8 Å². The Bertz CT molecular complexity index is 997. The normalized spacial score (nSPS) is 15.0. The van der Waals surface area contributed by atoms with Gasteiger partial charge in [-0.2, -0.15) is 0 Å². The number of aromatic nitrogens is 3. The summed E-state index contributed by atoms with van der Waals surface area (Å²) in [7, 11) is -3.79. The predicted octanol–water partition coefficient (Wildman–Crippen LogP) is 2.63. The molecule has 3 heterocycles. The zero-order valence-corrected chi connectivity index (χ0v) is 14.7. The Morgan fingerprint density at radius 2 is 2.08 bits per heavy atom. The van der Waals surface area contributed by atoms with E-state index in [4.69, 9.17) is 8.83 Å². The van der Waals surface area contributed by atoms with Gasteiger partial charge in [-0.3, -0.25) is 0 Å². The molecule has 0 bridgehead atoms. The summed E-state index contributed by atoms with van der Waals surface area (Å²) in [6.07, 6.45) is 3.56. The van der Waals surface area contributed by atoms with Crippen molar-refractivity contribution in [3.63, 3.8) is 0 Å². The number of furan rings is 1. The summed E-state index contributed by atoms with van der Waals surface area (Å²) in [5.41, 5.74) is 1.61. The van der Waals surface area contributed by atoms with Crippen LogP contribution in [0.4, 0.5) is 0 Å². The summed E-state index contributed by atoms with van der Waals surface area (Å²) in [6.45, 7) is 3.56. The average Bonchev–Trinajstić information content (AvgIpc) is 2.99. The molecule has 1 saturated carbocycles. The second-order valence-electron chi connectivity index (χ2n) is 6.20. The monoisotopic (exact) mass is 362 g/mol. The summed E-state index contributed by atoms with van der Waals surface area (Å²) >= 11 is 0. The molecule has 1 aliphatic rings. The van der Waals surface area contributed by atoms with Crippen molar-refractivity contribution in [2.75, 3.05) is 0 Å². The van der Waals surface area contributed by atoms with Gasteiger partial charge in [0.15, 0.2) is 0 Å². The first-order valence-electron chi connectivity index (χ1n) is 8.00. The minimum Gasteiger partial charge on any atom is -0.468 e. The lowest BCUT2D eigenvalue weighted by Crippen LogP contribution is -2.24. The second-order valence-corrected chi connectivity index (χ2v) is 7.91. The Morgan fingerprint density at radius 3 is 2.76 bits per heavy atom. The fourth-order valence-electron chi connectivity index (χ4n) is 2.83. The quantitative estimate of drug-likeness (QED) is 0.697. The molecule has 0 amide bonds. The van der Waals surface area contributed by atoms with Gasteiger partial charge >= 0.3 is 0 Å². The third-order valence-corrected chi connectivity index (χ3v) is 5.76. The summed E-state index contributed by atoms with van der Waals surface area (Å²) in [4.78, 5) is 3.19. The van der Waals surface area contributed by atoms with Gasteiger partial charge in [-0.25, -0.2) is 13.1 Å². The predicted molar refractivity (Wildman–Crippen MR) is 88.3 cm³/mol. The fourth-order valence-corrected chi connectivity index (χ4v) is 4.27. The number of aromatic amines is 1. The highest BCUT2D eigenvalue weighted by Crippen LogP contribution is 2.41. The van der Waals surface area contributed by atoms with Gasteiger partial charge in [0.05, 0.1) is 18.4 Å². The van der Waals surface area contributed by atoms with Gasteiger partial charge in [0.2, 0.25) is 15.9 Å². The minimum absolute atomic E-state index is 0.0651. The van der Waals surface area contributed by atoms with Crippen molar-refractivity contribution in [1.82, 2.24) is 19.9 Å². The number of nitrogens with zero attached hydrogens (tertiary/aromatic N) is 2. The number of H-pyrrole nitrogens is 1.